The zero-order valence-electron chi connectivity index (χ0n) is 16.9. The lowest BCUT2D eigenvalue weighted by molar-refractivity contribution is -0.166. The number of rotatable bonds is 15. The summed E-state index contributed by atoms with van der Waals surface area (Å²) in [6.45, 7) is 2.71. The second kappa shape index (κ2) is 16.1. The van der Waals surface area contributed by atoms with Gasteiger partial charge in [0.1, 0.15) is 0 Å². The monoisotopic (exact) mass is 368 g/mol. The van der Waals surface area contributed by atoms with Crippen molar-refractivity contribution < 1.29 is 19.1 Å². The molecule has 1 heterocycles. The molecule has 0 N–H and O–H groups in total. The van der Waals surface area contributed by atoms with Crippen molar-refractivity contribution in [2.45, 2.75) is 122 Å². The first-order chi connectivity index (χ1) is 12.7. The summed E-state index contributed by atoms with van der Waals surface area (Å²) in [5.74, 6) is -0.627. The van der Waals surface area contributed by atoms with Crippen LogP contribution in [0.4, 0.5) is 0 Å². The third kappa shape index (κ3) is 12.3. The molecule has 0 radical (unpaired) electrons. The average molecular weight is 369 g/mol. The van der Waals surface area contributed by atoms with Crippen LogP contribution in [-0.4, -0.2) is 24.6 Å². The van der Waals surface area contributed by atoms with Gasteiger partial charge in [0.05, 0.1) is 6.61 Å². The minimum absolute atomic E-state index is 0.253. The third-order valence-electron chi connectivity index (χ3n) is 5.13. The Balaban J connectivity index is 1.86. The summed E-state index contributed by atoms with van der Waals surface area (Å²) < 4.78 is 10.3. The van der Waals surface area contributed by atoms with Gasteiger partial charge in [0.15, 0.2) is 6.10 Å². The van der Waals surface area contributed by atoms with Crippen LogP contribution in [0.15, 0.2) is 0 Å². The van der Waals surface area contributed by atoms with Gasteiger partial charge in [-0.05, 0) is 25.7 Å². The molecule has 0 amide bonds. The van der Waals surface area contributed by atoms with Crippen molar-refractivity contribution in [1.82, 2.24) is 0 Å². The van der Waals surface area contributed by atoms with Gasteiger partial charge in [0.2, 0.25) is 0 Å². The van der Waals surface area contributed by atoms with Crippen molar-refractivity contribution >= 4 is 11.9 Å². The van der Waals surface area contributed by atoms with Gasteiger partial charge in [-0.2, -0.15) is 0 Å². The molecule has 4 nitrogen and oxygen atoms in total. The molecule has 1 aliphatic rings. The summed E-state index contributed by atoms with van der Waals surface area (Å²) in [7, 11) is 0. The van der Waals surface area contributed by atoms with Crippen LogP contribution < -0.4 is 0 Å². The molecule has 0 aliphatic carbocycles. The van der Waals surface area contributed by atoms with E-state index < -0.39 is 6.10 Å². The van der Waals surface area contributed by atoms with E-state index in [4.69, 9.17) is 9.47 Å². The number of carbonyl (C=O) groups is 2. The third-order valence-corrected chi connectivity index (χ3v) is 5.13. The van der Waals surface area contributed by atoms with Gasteiger partial charge in [-0.25, -0.2) is 4.79 Å². The van der Waals surface area contributed by atoms with Gasteiger partial charge in [-0.3, -0.25) is 4.79 Å². The SMILES string of the molecule is CCCCCCCCCCCCCCCC(=O)OC1CCCCOC1=O. The molecule has 1 atom stereocenters. The van der Waals surface area contributed by atoms with Crippen molar-refractivity contribution in [2.75, 3.05) is 6.61 Å². The van der Waals surface area contributed by atoms with Gasteiger partial charge in [0, 0.05) is 6.42 Å². The molecule has 1 aliphatic heterocycles. The zero-order valence-corrected chi connectivity index (χ0v) is 16.9. The first kappa shape index (κ1) is 23.0. The van der Waals surface area contributed by atoms with Crippen LogP contribution in [0.2, 0.25) is 0 Å². The van der Waals surface area contributed by atoms with Crippen molar-refractivity contribution in [2.24, 2.45) is 0 Å². The molecule has 4 heteroatoms. The topological polar surface area (TPSA) is 52.6 Å². The van der Waals surface area contributed by atoms with Crippen molar-refractivity contribution in [1.29, 1.82) is 0 Å². The van der Waals surface area contributed by atoms with E-state index in [1.807, 2.05) is 0 Å². The highest BCUT2D eigenvalue weighted by atomic mass is 16.6. The lowest BCUT2D eigenvalue weighted by Crippen LogP contribution is -2.27. The molecule has 0 aromatic heterocycles. The Morgan fingerprint density at radius 1 is 0.885 bits per heavy atom. The number of cyclic esters (lactones) is 1. The molecule has 152 valence electrons. The standard InChI is InChI=1S/C22H40O4/c1-2-3-4-5-6-7-8-9-10-11-12-13-14-18-21(23)26-20-17-15-16-19-25-22(20)24/h20H,2-19H2,1H3. The van der Waals surface area contributed by atoms with Crippen LogP contribution in [0.25, 0.3) is 0 Å². The molecule has 1 rings (SSSR count). The molecular formula is C22H40O4. The van der Waals surface area contributed by atoms with E-state index in [1.165, 1.54) is 70.6 Å². The Morgan fingerprint density at radius 2 is 1.42 bits per heavy atom. The number of hydrogen-bond acceptors (Lipinski definition) is 4. The quantitative estimate of drug-likeness (QED) is 0.258. The summed E-state index contributed by atoms with van der Waals surface area (Å²) in [4.78, 5) is 23.5. The van der Waals surface area contributed by atoms with Crippen molar-refractivity contribution in [3.05, 3.63) is 0 Å². The molecule has 1 fully saturated rings. The minimum atomic E-state index is -0.674. The highest BCUT2D eigenvalue weighted by Crippen LogP contribution is 2.15. The lowest BCUT2D eigenvalue weighted by atomic mass is 10.0. The molecule has 0 bridgehead atoms. The van der Waals surface area contributed by atoms with E-state index in [0.29, 0.717) is 19.4 Å². The second-order valence-corrected chi connectivity index (χ2v) is 7.63. The van der Waals surface area contributed by atoms with E-state index in [0.717, 1.165) is 25.7 Å². The minimum Gasteiger partial charge on any atom is -0.463 e. The molecule has 1 unspecified atom stereocenters. The predicted octanol–water partition coefficient (Wildman–Crippen LogP) is 6.11. The van der Waals surface area contributed by atoms with Gasteiger partial charge < -0.3 is 9.47 Å². The van der Waals surface area contributed by atoms with Crippen LogP contribution in [0, 0.1) is 0 Å². The molecular weight excluding hydrogens is 328 g/mol. The Hall–Kier alpha value is -1.06. The first-order valence-electron chi connectivity index (χ1n) is 11.1. The van der Waals surface area contributed by atoms with Gasteiger partial charge >= 0.3 is 11.9 Å². The van der Waals surface area contributed by atoms with Crippen LogP contribution in [-0.2, 0) is 19.1 Å². The summed E-state index contributed by atoms with van der Waals surface area (Å²) in [6.07, 6.45) is 18.8. The summed E-state index contributed by atoms with van der Waals surface area (Å²) in [5.41, 5.74) is 0. The lowest BCUT2D eigenvalue weighted by Gasteiger charge is -2.13. The normalized spacial score (nSPS) is 17.6. The average Bonchev–Trinajstić information content (AvgIpc) is 2.83. The van der Waals surface area contributed by atoms with Gasteiger partial charge in [-0.15, -0.1) is 0 Å². The molecule has 1 saturated heterocycles. The molecule has 0 aromatic carbocycles. The predicted molar refractivity (Wildman–Crippen MR) is 105 cm³/mol. The second-order valence-electron chi connectivity index (χ2n) is 7.63. The maximum atomic E-state index is 11.8. The van der Waals surface area contributed by atoms with E-state index in [9.17, 15) is 9.59 Å². The molecule has 0 spiro atoms. The van der Waals surface area contributed by atoms with Crippen LogP contribution >= 0.6 is 0 Å². The van der Waals surface area contributed by atoms with E-state index in [1.54, 1.807) is 0 Å². The van der Waals surface area contributed by atoms with Crippen molar-refractivity contribution in [3.8, 4) is 0 Å². The van der Waals surface area contributed by atoms with E-state index in [2.05, 4.69) is 6.92 Å². The maximum Gasteiger partial charge on any atom is 0.347 e. The summed E-state index contributed by atoms with van der Waals surface area (Å²) >= 11 is 0. The Kier molecular flexibility index (Phi) is 14.3. The molecule has 26 heavy (non-hydrogen) atoms. The van der Waals surface area contributed by atoms with E-state index in [-0.39, 0.29) is 11.9 Å². The maximum absolute atomic E-state index is 11.8. The summed E-state index contributed by atoms with van der Waals surface area (Å²) in [5, 5.41) is 0. The fourth-order valence-electron chi connectivity index (χ4n) is 3.43. The van der Waals surface area contributed by atoms with Crippen molar-refractivity contribution in [3.63, 3.8) is 0 Å². The smallest absolute Gasteiger partial charge is 0.347 e. The van der Waals surface area contributed by atoms with Crippen LogP contribution in [0.1, 0.15) is 116 Å². The Bertz CT molecular complexity index is 367. The van der Waals surface area contributed by atoms with E-state index >= 15 is 0 Å². The Labute approximate surface area is 160 Å². The van der Waals surface area contributed by atoms with Crippen LogP contribution in [0.5, 0.6) is 0 Å². The molecule has 0 aromatic rings. The number of hydrogen-bond donors (Lipinski definition) is 0. The molecule has 0 saturated carbocycles. The zero-order chi connectivity index (χ0) is 18.9. The van der Waals surface area contributed by atoms with Gasteiger partial charge in [-0.1, -0.05) is 84.0 Å². The number of carbonyl (C=O) groups excluding carboxylic acids is 2. The highest BCUT2D eigenvalue weighted by Gasteiger charge is 2.25. The largest absolute Gasteiger partial charge is 0.463 e. The fraction of sp³-hybridized carbons (Fsp3) is 0.909. The Morgan fingerprint density at radius 3 is 2.00 bits per heavy atom. The fourth-order valence-corrected chi connectivity index (χ4v) is 3.43. The van der Waals surface area contributed by atoms with Crippen LogP contribution in [0.3, 0.4) is 0 Å². The summed E-state index contributed by atoms with van der Waals surface area (Å²) in [6, 6.07) is 0. The number of unbranched alkanes of at least 4 members (excludes halogenated alkanes) is 12. The number of ether oxygens (including phenoxy) is 2. The van der Waals surface area contributed by atoms with Gasteiger partial charge in [0.25, 0.3) is 0 Å². The highest BCUT2D eigenvalue weighted by molar-refractivity contribution is 5.79. The number of esters is 2. The first-order valence-corrected chi connectivity index (χ1v) is 11.1.